The van der Waals surface area contributed by atoms with Crippen LogP contribution in [-0.2, 0) is 12.8 Å². The normalized spacial score (nSPS) is 16.3. The van der Waals surface area contributed by atoms with Crippen molar-refractivity contribution in [3.05, 3.63) is 39.0 Å². The largest absolute Gasteiger partial charge is 0.336 e. The van der Waals surface area contributed by atoms with Gasteiger partial charge in [-0.1, -0.05) is 12.1 Å². The van der Waals surface area contributed by atoms with E-state index in [9.17, 15) is 10.1 Å². The van der Waals surface area contributed by atoms with E-state index in [0.717, 1.165) is 24.8 Å². The van der Waals surface area contributed by atoms with E-state index < -0.39 is 0 Å². The van der Waals surface area contributed by atoms with Gasteiger partial charge in [0.15, 0.2) is 0 Å². The number of rotatable bonds is 2. The molecule has 0 radical (unpaired) electrons. The first-order chi connectivity index (χ1) is 12.5. The molecule has 1 N–H and O–H groups in total. The van der Waals surface area contributed by atoms with E-state index in [-0.39, 0.29) is 5.91 Å². The van der Waals surface area contributed by atoms with Gasteiger partial charge in [-0.3, -0.25) is 4.79 Å². The highest BCUT2D eigenvalue weighted by atomic mass is 32.1. The van der Waals surface area contributed by atoms with Crippen LogP contribution in [0.2, 0.25) is 0 Å². The Hall–Kier alpha value is -2.72. The summed E-state index contributed by atoms with van der Waals surface area (Å²) < 4.78 is 5.20. The maximum Gasteiger partial charge on any atom is 0.258 e. The molecular formula is C19H18N4O2S. The molecule has 1 atom stereocenters. The minimum absolute atomic E-state index is 0.269. The van der Waals surface area contributed by atoms with Gasteiger partial charge in [0.2, 0.25) is 0 Å². The molecule has 1 aliphatic rings. The van der Waals surface area contributed by atoms with Gasteiger partial charge in [-0.2, -0.15) is 5.26 Å². The highest BCUT2D eigenvalue weighted by Gasteiger charge is 2.26. The number of nitrogens with zero attached hydrogens (tertiary/aromatic N) is 3. The van der Waals surface area contributed by atoms with E-state index >= 15 is 0 Å². The van der Waals surface area contributed by atoms with Gasteiger partial charge in [0, 0.05) is 10.6 Å². The zero-order valence-corrected chi connectivity index (χ0v) is 15.7. The molecule has 3 aromatic rings. The Morgan fingerprint density at radius 3 is 3.04 bits per heavy atom. The van der Waals surface area contributed by atoms with Gasteiger partial charge >= 0.3 is 0 Å². The lowest BCUT2D eigenvalue weighted by atomic mass is 9.88. The summed E-state index contributed by atoms with van der Waals surface area (Å²) in [6.45, 7) is 5.81. The molecule has 4 rings (SSSR count). The summed E-state index contributed by atoms with van der Waals surface area (Å²) in [5.41, 5.74) is 3.83. The van der Waals surface area contributed by atoms with Gasteiger partial charge in [-0.25, -0.2) is 4.98 Å². The van der Waals surface area contributed by atoms with Crippen molar-refractivity contribution in [3.63, 3.8) is 0 Å². The maximum absolute atomic E-state index is 13.0. The highest BCUT2D eigenvalue weighted by Crippen LogP contribution is 2.39. The fourth-order valence-electron chi connectivity index (χ4n) is 3.52. The zero-order valence-electron chi connectivity index (χ0n) is 14.8. The van der Waals surface area contributed by atoms with E-state index in [1.54, 1.807) is 19.9 Å². The molecule has 1 aliphatic carbocycles. The molecule has 0 bridgehead atoms. The average molecular weight is 366 g/mol. The first kappa shape index (κ1) is 16.7. The fourth-order valence-corrected chi connectivity index (χ4v) is 4.88. The van der Waals surface area contributed by atoms with Gasteiger partial charge < -0.3 is 9.84 Å². The lowest BCUT2D eigenvalue weighted by molar-refractivity contribution is 0.102. The van der Waals surface area contributed by atoms with Gasteiger partial charge in [0.25, 0.3) is 11.6 Å². The number of anilines is 1. The van der Waals surface area contributed by atoms with Crippen LogP contribution in [0, 0.1) is 31.1 Å². The fraction of sp³-hybridized carbons (Fsp3) is 0.368. The number of pyridine rings is 1. The number of fused-ring (bicyclic) bond motifs is 2. The molecule has 0 saturated heterocycles. The van der Waals surface area contributed by atoms with Crippen molar-refractivity contribution >= 4 is 33.3 Å². The van der Waals surface area contributed by atoms with E-state index in [0.29, 0.717) is 44.5 Å². The highest BCUT2D eigenvalue weighted by molar-refractivity contribution is 7.16. The van der Waals surface area contributed by atoms with Crippen molar-refractivity contribution in [3.8, 4) is 6.07 Å². The Kier molecular flexibility index (Phi) is 4.00. The van der Waals surface area contributed by atoms with Gasteiger partial charge in [0.1, 0.15) is 11.1 Å². The third kappa shape index (κ3) is 2.67. The maximum atomic E-state index is 13.0. The summed E-state index contributed by atoms with van der Waals surface area (Å²) in [7, 11) is 0. The number of nitrogens with one attached hydrogen (secondary N) is 1. The molecule has 3 heterocycles. The number of amides is 1. The average Bonchev–Trinajstić information content (AvgIpc) is 3.13. The summed E-state index contributed by atoms with van der Waals surface area (Å²) in [5, 5.41) is 17.7. The van der Waals surface area contributed by atoms with Crippen LogP contribution in [0.25, 0.3) is 11.1 Å². The second-order valence-electron chi connectivity index (χ2n) is 6.88. The first-order valence-electron chi connectivity index (χ1n) is 8.57. The number of nitriles is 1. The van der Waals surface area contributed by atoms with Crippen LogP contribution in [-0.4, -0.2) is 16.0 Å². The number of hydrogen-bond acceptors (Lipinski definition) is 6. The molecule has 0 spiro atoms. The van der Waals surface area contributed by atoms with Crippen molar-refractivity contribution in [1.29, 1.82) is 5.26 Å². The number of aryl methyl sites for hydroxylation is 2. The molecule has 0 aliphatic heterocycles. The SMILES string of the molecule is Cc1cc(C(=O)Nc2sc3c(c2C#N)CC[C@H](C)C3)c2c(C)noc2n1. The van der Waals surface area contributed by atoms with Crippen LogP contribution < -0.4 is 5.32 Å². The third-order valence-electron chi connectivity index (χ3n) is 4.84. The van der Waals surface area contributed by atoms with Crippen LogP contribution in [0.1, 0.15) is 51.1 Å². The molecule has 6 nitrogen and oxygen atoms in total. The molecule has 0 saturated carbocycles. The predicted molar refractivity (Wildman–Crippen MR) is 99.5 cm³/mol. The second kappa shape index (κ2) is 6.22. The molecule has 7 heteroatoms. The predicted octanol–water partition coefficient (Wildman–Crippen LogP) is 4.15. The second-order valence-corrected chi connectivity index (χ2v) is 7.99. The monoisotopic (exact) mass is 366 g/mol. The molecule has 132 valence electrons. The molecule has 0 aromatic carbocycles. The summed E-state index contributed by atoms with van der Waals surface area (Å²) in [4.78, 5) is 18.5. The van der Waals surface area contributed by atoms with Gasteiger partial charge in [-0.15, -0.1) is 11.3 Å². The number of hydrogen-bond donors (Lipinski definition) is 1. The standard InChI is InChI=1S/C19H18N4O2S/c1-9-4-5-12-14(8-20)19(26-15(12)6-9)22-17(24)13-7-10(2)21-18-16(13)11(3)23-25-18/h7,9H,4-6H2,1-3H3,(H,22,24)/t9-/m0/s1. The Morgan fingerprint density at radius 1 is 1.46 bits per heavy atom. The zero-order chi connectivity index (χ0) is 18.4. The van der Waals surface area contributed by atoms with E-state index in [1.165, 1.54) is 16.2 Å². The lowest BCUT2D eigenvalue weighted by Gasteiger charge is -2.17. The molecule has 1 amide bonds. The minimum Gasteiger partial charge on any atom is -0.336 e. The van der Waals surface area contributed by atoms with E-state index in [4.69, 9.17) is 4.52 Å². The summed E-state index contributed by atoms with van der Waals surface area (Å²) in [5.74, 6) is 0.341. The number of thiophene rings is 1. The number of carbonyl (C=O) groups excluding carboxylic acids is 1. The van der Waals surface area contributed by atoms with Crippen molar-refractivity contribution < 1.29 is 9.32 Å². The number of carbonyl (C=O) groups is 1. The molecule has 26 heavy (non-hydrogen) atoms. The van der Waals surface area contributed by atoms with Crippen molar-refractivity contribution in [2.24, 2.45) is 5.92 Å². The smallest absolute Gasteiger partial charge is 0.258 e. The Labute approximate surface area is 154 Å². The van der Waals surface area contributed by atoms with E-state index in [2.05, 4.69) is 28.5 Å². The third-order valence-corrected chi connectivity index (χ3v) is 6.01. The summed E-state index contributed by atoms with van der Waals surface area (Å²) in [6.07, 6.45) is 2.94. The quantitative estimate of drug-likeness (QED) is 0.735. The topological polar surface area (TPSA) is 91.8 Å². The van der Waals surface area contributed by atoms with Crippen LogP contribution in [0.5, 0.6) is 0 Å². The van der Waals surface area contributed by atoms with Crippen LogP contribution >= 0.6 is 11.3 Å². The van der Waals surface area contributed by atoms with Crippen molar-refractivity contribution in [2.45, 2.75) is 40.0 Å². The Morgan fingerprint density at radius 2 is 2.27 bits per heavy atom. The Balaban J connectivity index is 1.74. The van der Waals surface area contributed by atoms with Crippen LogP contribution in [0.4, 0.5) is 5.00 Å². The van der Waals surface area contributed by atoms with Gasteiger partial charge in [0.05, 0.1) is 22.2 Å². The molecular weight excluding hydrogens is 348 g/mol. The number of aromatic nitrogens is 2. The molecule has 3 aromatic heterocycles. The first-order valence-corrected chi connectivity index (χ1v) is 9.39. The van der Waals surface area contributed by atoms with Crippen LogP contribution in [0.15, 0.2) is 10.6 Å². The molecule has 0 fully saturated rings. The lowest BCUT2D eigenvalue weighted by Crippen LogP contribution is -2.13. The minimum atomic E-state index is -0.269. The van der Waals surface area contributed by atoms with Crippen LogP contribution in [0.3, 0.4) is 0 Å². The Bertz CT molecular complexity index is 1070. The van der Waals surface area contributed by atoms with Crippen molar-refractivity contribution in [2.75, 3.05) is 5.32 Å². The van der Waals surface area contributed by atoms with Crippen molar-refractivity contribution in [1.82, 2.24) is 10.1 Å². The summed E-state index contributed by atoms with van der Waals surface area (Å²) >= 11 is 1.52. The summed E-state index contributed by atoms with van der Waals surface area (Å²) in [6, 6.07) is 4.01. The van der Waals surface area contributed by atoms with E-state index in [1.807, 2.05) is 0 Å². The van der Waals surface area contributed by atoms with Gasteiger partial charge in [-0.05, 0) is 50.7 Å². The molecule has 0 unspecified atom stereocenters.